The van der Waals surface area contributed by atoms with Crippen molar-refractivity contribution in [1.82, 2.24) is 15.5 Å². The summed E-state index contributed by atoms with van der Waals surface area (Å²) in [4.78, 5) is 6.41. The summed E-state index contributed by atoms with van der Waals surface area (Å²) < 4.78 is 24.2. The first-order valence-corrected chi connectivity index (χ1v) is 7.14. The Labute approximate surface area is 137 Å². The number of likely N-dealkylation sites (tertiary alicyclic amines) is 1. The summed E-state index contributed by atoms with van der Waals surface area (Å²) >= 11 is 0. The largest absolute Gasteiger partial charge is 0.355 e. The molecule has 0 spiro atoms. The number of piperidine rings is 1. The molecule has 0 aromatic carbocycles. The first-order valence-electron chi connectivity index (χ1n) is 7.14. The second-order valence-corrected chi connectivity index (χ2v) is 4.86. The van der Waals surface area contributed by atoms with Crippen LogP contribution in [0.4, 0.5) is 8.78 Å². The Bertz CT molecular complexity index is 277. The summed E-state index contributed by atoms with van der Waals surface area (Å²) in [6.07, 6.45) is 2.67. The van der Waals surface area contributed by atoms with Crippen molar-refractivity contribution in [3.05, 3.63) is 0 Å². The Morgan fingerprint density at radius 2 is 2.10 bits per heavy atom. The number of guanidine groups is 1. The van der Waals surface area contributed by atoms with Gasteiger partial charge >= 0.3 is 0 Å². The zero-order chi connectivity index (χ0) is 14.1. The van der Waals surface area contributed by atoms with Crippen LogP contribution in [0.25, 0.3) is 0 Å². The van der Waals surface area contributed by atoms with Crippen LogP contribution < -0.4 is 10.6 Å². The van der Waals surface area contributed by atoms with Gasteiger partial charge in [-0.15, -0.1) is 24.0 Å². The number of nitrogens with one attached hydrogen (secondary N) is 2. The molecule has 7 heteroatoms. The molecule has 1 aliphatic rings. The molecule has 0 aromatic heterocycles. The average molecular weight is 404 g/mol. The molecule has 1 fully saturated rings. The second-order valence-electron chi connectivity index (χ2n) is 4.86. The Morgan fingerprint density at radius 1 is 1.35 bits per heavy atom. The van der Waals surface area contributed by atoms with Crippen molar-refractivity contribution >= 4 is 29.9 Å². The predicted octanol–water partition coefficient (Wildman–Crippen LogP) is 2.30. The van der Waals surface area contributed by atoms with Crippen molar-refractivity contribution in [2.24, 2.45) is 4.99 Å². The Balaban J connectivity index is 0.00000361. The SMILES string of the molecule is CCC1CCCCN1CCNC(=NC)NCC(F)F.I. The molecule has 1 atom stereocenters. The summed E-state index contributed by atoms with van der Waals surface area (Å²) in [6.45, 7) is 4.68. The number of hydrogen-bond acceptors (Lipinski definition) is 2. The molecule has 0 radical (unpaired) electrons. The number of nitrogens with zero attached hydrogens (tertiary/aromatic N) is 2. The lowest BCUT2D eigenvalue weighted by molar-refractivity contribution is 0.146. The molecule has 0 aromatic rings. The highest BCUT2D eigenvalue weighted by atomic mass is 127. The zero-order valence-corrected chi connectivity index (χ0v) is 14.7. The fraction of sp³-hybridized carbons (Fsp3) is 0.923. The molecule has 20 heavy (non-hydrogen) atoms. The maximum Gasteiger partial charge on any atom is 0.255 e. The van der Waals surface area contributed by atoms with E-state index in [0.717, 1.165) is 19.6 Å². The van der Waals surface area contributed by atoms with E-state index in [2.05, 4.69) is 27.4 Å². The number of rotatable bonds is 6. The monoisotopic (exact) mass is 404 g/mol. The van der Waals surface area contributed by atoms with Crippen molar-refractivity contribution < 1.29 is 8.78 Å². The van der Waals surface area contributed by atoms with Crippen LogP contribution in [-0.2, 0) is 0 Å². The maximum absolute atomic E-state index is 12.1. The van der Waals surface area contributed by atoms with E-state index in [1.165, 1.54) is 25.7 Å². The second kappa shape index (κ2) is 11.5. The maximum atomic E-state index is 12.1. The highest BCUT2D eigenvalue weighted by molar-refractivity contribution is 14.0. The van der Waals surface area contributed by atoms with Gasteiger partial charge in [0.05, 0.1) is 6.54 Å². The number of alkyl halides is 2. The third-order valence-electron chi connectivity index (χ3n) is 3.56. The van der Waals surface area contributed by atoms with Gasteiger partial charge in [-0.2, -0.15) is 0 Å². The third kappa shape index (κ3) is 7.56. The lowest BCUT2D eigenvalue weighted by Crippen LogP contribution is -2.46. The van der Waals surface area contributed by atoms with Crippen molar-refractivity contribution in [2.75, 3.05) is 33.2 Å². The lowest BCUT2D eigenvalue weighted by atomic mass is 10.0. The van der Waals surface area contributed by atoms with Crippen LogP contribution in [0.15, 0.2) is 4.99 Å². The normalized spacial score (nSPS) is 20.6. The van der Waals surface area contributed by atoms with Crippen LogP contribution in [-0.4, -0.2) is 56.6 Å². The molecule has 120 valence electrons. The van der Waals surface area contributed by atoms with Gasteiger partial charge < -0.3 is 10.6 Å². The molecule has 4 nitrogen and oxygen atoms in total. The highest BCUT2D eigenvalue weighted by Gasteiger charge is 2.19. The van der Waals surface area contributed by atoms with Crippen LogP contribution >= 0.6 is 24.0 Å². The number of halogens is 3. The van der Waals surface area contributed by atoms with Crippen molar-refractivity contribution in [3.8, 4) is 0 Å². The van der Waals surface area contributed by atoms with Crippen LogP contribution in [0.2, 0.25) is 0 Å². The number of hydrogen-bond donors (Lipinski definition) is 2. The first kappa shape index (κ1) is 19.8. The van der Waals surface area contributed by atoms with E-state index >= 15 is 0 Å². The van der Waals surface area contributed by atoms with Gasteiger partial charge in [-0.3, -0.25) is 9.89 Å². The van der Waals surface area contributed by atoms with Gasteiger partial charge in [0.15, 0.2) is 5.96 Å². The van der Waals surface area contributed by atoms with Crippen LogP contribution in [0.1, 0.15) is 32.6 Å². The Morgan fingerprint density at radius 3 is 2.70 bits per heavy atom. The zero-order valence-electron chi connectivity index (χ0n) is 12.4. The molecule has 0 aliphatic carbocycles. The minimum absolute atomic E-state index is 0. The quantitative estimate of drug-likeness (QED) is 0.406. The molecule has 1 aliphatic heterocycles. The van der Waals surface area contributed by atoms with Gasteiger partial charge in [0.1, 0.15) is 0 Å². The van der Waals surface area contributed by atoms with Crippen LogP contribution in [0.3, 0.4) is 0 Å². The molecule has 1 heterocycles. The van der Waals surface area contributed by atoms with Crippen LogP contribution in [0.5, 0.6) is 0 Å². The molecule has 1 unspecified atom stereocenters. The molecular weight excluding hydrogens is 377 g/mol. The number of aliphatic imine (C=N–C) groups is 1. The van der Waals surface area contributed by atoms with Gasteiger partial charge in [-0.25, -0.2) is 8.78 Å². The van der Waals surface area contributed by atoms with E-state index in [-0.39, 0.29) is 30.5 Å². The summed E-state index contributed by atoms with van der Waals surface area (Å²) in [7, 11) is 1.59. The van der Waals surface area contributed by atoms with Gasteiger partial charge in [0, 0.05) is 26.2 Å². The van der Waals surface area contributed by atoms with E-state index in [4.69, 9.17) is 0 Å². The standard InChI is InChI=1S/C13H26F2N4.HI/c1-3-11-6-4-5-8-19(11)9-7-17-13(16-2)18-10-12(14)15;/h11-12H,3-10H2,1-2H3,(H2,16,17,18);1H. The summed E-state index contributed by atoms with van der Waals surface area (Å²) in [5.74, 6) is 0.449. The van der Waals surface area contributed by atoms with Gasteiger partial charge in [0.2, 0.25) is 0 Å². The first-order chi connectivity index (χ1) is 9.17. The van der Waals surface area contributed by atoms with Gasteiger partial charge in [0.25, 0.3) is 6.43 Å². The molecule has 1 saturated heterocycles. The minimum atomic E-state index is -2.36. The van der Waals surface area contributed by atoms with Crippen molar-refractivity contribution in [3.63, 3.8) is 0 Å². The Kier molecular flexibility index (Phi) is 11.4. The minimum Gasteiger partial charge on any atom is -0.355 e. The molecular formula is C13H27F2IN4. The van der Waals surface area contributed by atoms with Crippen LogP contribution in [0, 0.1) is 0 Å². The Hall–Kier alpha value is -0.180. The van der Waals surface area contributed by atoms with Crippen molar-refractivity contribution in [1.29, 1.82) is 0 Å². The van der Waals surface area contributed by atoms with E-state index in [9.17, 15) is 8.78 Å². The van der Waals surface area contributed by atoms with E-state index in [1.807, 2.05) is 0 Å². The van der Waals surface area contributed by atoms with Crippen molar-refractivity contribution in [2.45, 2.75) is 45.1 Å². The smallest absolute Gasteiger partial charge is 0.255 e. The summed E-state index contributed by atoms with van der Waals surface area (Å²) in [6, 6.07) is 0.673. The van der Waals surface area contributed by atoms with E-state index in [1.54, 1.807) is 7.05 Å². The van der Waals surface area contributed by atoms with E-state index < -0.39 is 6.43 Å². The summed E-state index contributed by atoms with van der Waals surface area (Å²) in [5, 5.41) is 5.68. The third-order valence-corrected chi connectivity index (χ3v) is 3.56. The molecule has 0 bridgehead atoms. The fourth-order valence-electron chi connectivity index (χ4n) is 2.53. The molecule has 0 saturated carbocycles. The molecule has 1 rings (SSSR count). The van der Waals surface area contributed by atoms with Gasteiger partial charge in [-0.05, 0) is 25.8 Å². The molecule has 0 amide bonds. The van der Waals surface area contributed by atoms with Gasteiger partial charge in [-0.1, -0.05) is 13.3 Å². The van der Waals surface area contributed by atoms with E-state index in [0.29, 0.717) is 12.0 Å². The predicted molar refractivity (Wildman–Crippen MR) is 90.3 cm³/mol. The average Bonchev–Trinajstić information content (AvgIpc) is 2.42. The topological polar surface area (TPSA) is 39.7 Å². The highest BCUT2D eigenvalue weighted by Crippen LogP contribution is 2.18. The lowest BCUT2D eigenvalue weighted by Gasteiger charge is -2.35. The summed E-state index contributed by atoms with van der Waals surface area (Å²) in [5.41, 5.74) is 0. The fourth-order valence-corrected chi connectivity index (χ4v) is 2.53. The molecule has 2 N–H and O–H groups in total.